The van der Waals surface area contributed by atoms with E-state index in [4.69, 9.17) is 9.47 Å². The van der Waals surface area contributed by atoms with Crippen molar-refractivity contribution in [3.63, 3.8) is 0 Å². The van der Waals surface area contributed by atoms with Gasteiger partial charge in [0.25, 0.3) is 0 Å². The van der Waals surface area contributed by atoms with Crippen molar-refractivity contribution in [1.29, 1.82) is 0 Å². The van der Waals surface area contributed by atoms with E-state index in [1.165, 1.54) is 62.5 Å². The van der Waals surface area contributed by atoms with Crippen LogP contribution >= 0.6 is 0 Å². The zero-order valence-electron chi connectivity index (χ0n) is 23.2. The summed E-state index contributed by atoms with van der Waals surface area (Å²) in [5, 5.41) is 0. The molecule has 0 bridgehead atoms. The molecule has 0 aliphatic carbocycles. The predicted octanol–water partition coefficient (Wildman–Crippen LogP) is 7.74. The first kappa shape index (κ1) is 29.9. The van der Waals surface area contributed by atoms with Crippen LogP contribution in [0.2, 0.25) is 0 Å². The van der Waals surface area contributed by atoms with Crippen molar-refractivity contribution in [3.05, 3.63) is 65.7 Å². The molecule has 0 heterocycles. The second-order valence-corrected chi connectivity index (χ2v) is 10.7. The van der Waals surface area contributed by atoms with Gasteiger partial charge in [0.05, 0.1) is 40.3 Å². The summed E-state index contributed by atoms with van der Waals surface area (Å²) in [5.41, 5.74) is 2.67. The van der Waals surface area contributed by atoms with Gasteiger partial charge in [-0.2, -0.15) is 0 Å². The van der Waals surface area contributed by atoms with Crippen LogP contribution in [0.15, 0.2) is 54.6 Å². The van der Waals surface area contributed by atoms with Crippen LogP contribution in [0.3, 0.4) is 0 Å². The maximum atomic E-state index is 12.1. The molecular formula is C32H50NO3+. The number of esters is 1. The molecule has 0 atom stereocenters. The lowest BCUT2D eigenvalue weighted by Crippen LogP contribution is -2.39. The van der Waals surface area contributed by atoms with Crippen LogP contribution in [0.4, 0.5) is 0 Å². The number of carbonyl (C=O) groups excluding carboxylic acids is 1. The Bertz CT molecular complexity index is 834. The van der Waals surface area contributed by atoms with Gasteiger partial charge in [-0.05, 0) is 30.5 Å². The van der Waals surface area contributed by atoms with Crippen molar-refractivity contribution in [2.24, 2.45) is 0 Å². The molecule has 0 N–H and O–H groups in total. The molecule has 0 saturated carbocycles. The minimum atomic E-state index is -0.109. The van der Waals surface area contributed by atoms with E-state index in [0.29, 0.717) is 26.1 Å². The van der Waals surface area contributed by atoms with E-state index in [9.17, 15) is 4.79 Å². The van der Waals surface area contributed by atoms with Crippen molar-refractivity contribution >= 4 is 5.97 Å². The molecule has 0 amide bonds. The van der Waals surface area contributed by atoms with E-state index >= 15 is 0 Å². The summed E-state index contributed by atoms with van der Waals surface area (Å²) >= 11 is 0. The highest BCUT2D eigenvalue weighted by Crippen LogP contribution is 2.17. The van der Waals surface area contributed by atoms with E-state index in [1.54, 1.807) is 0 Å². The van der Waals surface area contributed by atoms with E-state index in [0.717, 1.165) is 36.2 Å². The third-order valence-electron chi connectivity index (χ3n) is 6.64. The van der Waals surface area contributed by atoms with E-state index in [2.05, 4.69) is 63.5 Å². The Kier molecular flexibility index (Phi) is 14.9. The number of nitrogens with zero attached hydrogens (tertiary/aromatic N) is 1. The standard InChI is InChI=1S/C32H50NO3/c1-4-5-6-7-8-9-10-12-18-29-21-15-22-31(27-29)35-25-17-26-36-32(34)23-16-24-33(2,3)28-30-19-13-11-14-20-30/h11,13-15,19-22,27H,4-10,12,16-18,23-26,28H2,1-3H3/q+1. The van der Waals surface area contributed by atoms with Crippen LogP contribution in [0.1, 0.15) is 88.7 Å². The van der Waals surface area contributed by atoms with Gasteiger partial charge in [0.1, 0.15) is 12.3 Å². The molecule has 0 aromatic heterocycles. The van der Waals surface area contributed by atoms with Crippen LogP contribution in [0.25, 0.3) is 0 Å². The summed E-state index contributed by atoms with van der Waals surface area (Å²) < 4.78 is 12.2. The molecule has 0 unspecified atom stereocenters. The van der Waals surface area contributed by atoms with Crippen molar-refractivity contribution in [3.8, 4) is 5.75 Å². The van der Waals surface area contributed by atoms with Crippen LogP contribution in [0, 0.1) is 0 Å². The van der Waals surface area contributed by atoms with Gasteiger partial charge < -0.3 is 14.0 Å². The molecule has 0 spiro atoms. The first-order chi connectivity index (χ1) is 17.5. The van der Waals surface area contributed by atoms with Crippen LogP contribution in [0.5, 0.6) is 5.75 Å². The number of unbranched alkanes of at least 4 members (excludes halogenated alkanes) is 7. The smallest absolute Gasteiger partial charge is 0.306 e. The Morgan fingerprint density at radius 1 is 0.750 bits per heavy atom. The number of aryl methyl sites for hydroxylation is 1. The molecule has 4 heteroatoms. The molecule has 4 nitrogen and oxygen atoms in total. The quantitative estimate of drug-likeness (QED) is 0.107. The third-order valence-corrected chi connectivity index (χ3v) is 6.64. The predicted molar refractivity (Wildman–Crippen MR) is 150 cm³/mol. The third kappa shape index (κ3) is 14.3. The SMILES string of the molecule is CCCCCCCCCCc1cccc(OCCCOC(=O)CCC[N+](C)(C)Cc2ccccc2)c1. The minimum absolute atomic E-state index is 0.109. The molecule has 36 heavy (non-hydrogen) atoms. The number of carbonyl (C=O) groups is 1. The van der Waals surface area contributed by atoms with Gasteiger partial charge in [-0.1, -0.05) is 94.3 Å². The molecule has 0 aliphatic rings. The first-order valence-corrected chi connectivity index (χ1v) is 14.2. The van der Waals surface area contributed by atoms with Crippen LogP contribution in [-0.2, 0) is 22.5 Å². The van der Waals surface area contributed by atoms with Gasteiger partial charge in [0.15, 0.2) is 0 Å². The number of quaternary nitrogens is 1. The fraction of sp³-hybridized carbons (Fsp3) is 0.594. The number of hydrogen-bond donors (Lipinski definition) is 0. The second kappa shape index (κ2) is 18.0. The van der Waals surface area contributed by atoms with Gasteiger partial charge >= 0.3 is 5.97 Å². The first-order valence-electron chi connectivity index (χ1n) is 14.2. The summed E-state index contributed by atoms with van der Waals surface area (Å²) in [6, 6.07) is 18.9. The maximum absolute atomic E-state index is 12.1. The maximum Gasteiger partial charge on any atom is 0.306 e. The molecule has 0 fully saturated rings. The molecule has 2 rings (SSSR count). The Hall–Kier alpha value is -2.33. The fourth-order valence-electron chi connectivity index (χ4n) is 4.57. The summed E-state index contributed by atoms with van der Waals surface area (Å²) in [7, 11) is 4.42. The van der Waals surface area contributed by atoms with Gasteiger partial charge in [0.2, 0.25) is 0 Å². The molecule has 200 valence electrons. The van der Waals surface area contributed by atoms with E-state index < -0.39 is 0 Å². The molecule has 0 aliphatic heterocycles. The van der Waals surface area contributed by atoms with Crippen molar-refractivity contribution in [2.45, 2.75) is 90.5 Å². The topological polar surface area (TPSA) is 35.5 Å². The largest absolute Gasteiger partial charge is 0.493 e. The molecule has 0 radical (unpaired) electrons. The lowest BCUT2D eigenvalue weighted by atomic mass is 10.0. The Labute approximate surface area is 220 Å². The molecule has 2 aromatic carbocycles. The zero-order valence-corrected chi connectivity index (χ0v) is 23.2. The van der Waals surface area contributed by atoms with Crippen molar-refractivity contribution in [1.82, 2.24) is 0 Å². The van der Waals surface area contributed by atoms with Crippen LogP contribution in [-0.4, -0.2) is 44.3 Å². The Morgan fingerprint density at radius 3 is 2.19 bits per heavy atom. The normalized spacial score (nSPS) is 11.4. The van der Waals surface area contributed by atoms with E-state index in [1.807, 2.05) is 12.1 Å². The number of hydrogen-bond acceptors (Lipinski definition) is 3. The van der Waals surface area contributed by atoms with Crippen molar-refractivity contribution in [2.75, 3.05) is 33.9 Å². The number of ether oxygens (including phenoxy) is 2. The zero-order chi connectivity index (χ0) is 25.9. The number of rotatable bonds is 20. The summed E-state index contributed by atoms with van der Waals surface area (Å²) in [5.74, 6) is 0.805. The van der Waals surface area contributed by atoms with Crippen LogP contribution < -0.4 is 4.74 Å². The van der Waals surface area contributed by atoms with Gasteiger partial charge in [0, 0.05) is 18.4 Å². The monoisotopic (exact) mass is 496 g/mol. The highest BCUT2D eigenvalue weighted by atomic mass is 16.5. The average Bonchev–Trinajstić information content (AvgIpc) is 2.86. The molecule has 0 saturated heterocycles. The van der Waals surface area contributed by atoms with Gasteiger partial charge in [-0.15, -0.1) is 0 Å². The molecule has 2 aromatic rings. The Balaban J connectivity index is 1.51. The highest BCUT2D eigenvalue weighted by Gasteiger charge is 2.16. The fourth-order valence-corrected chi connectivity index (χ4v) is 4.57. The van der Waals surface area contributed by atoms with Crippen molar-refractivity contribution < 1.29 is 18.8 Å². The van der Waals surface area contributed by atoms with Gasteiger partial charge in [-0.3, -0.25) is 4.79 Å². The molecular weight excluding hydrogens is 446 g/mol. The summed E-state index contributed by atoms with van der Waals surface area (Å²) in [6.45, 7) is 5.16. The Morgan fingerprint density at radius 2 is 1.44 bits per heavy atom. The van der Waals surface area contributed by atoms with E-state index in [-0.39, 0.29) is 5.97 Å². The highest BCUT2D eigenvalue weighted by molar-refractivity contribution is 5.69. The lowest BCUT2D eigenvalue weighted by molar-refractivity contribution is -0.903. The summed E-state index contributed by atoms with van der Waals surface area (Å²) in [4.78, 5) is 12.1. The minimum Gasteiger partial charge on any atom is -0.493 e. The van der Waals surface area contributed by atoms with Gasteiger partial charge in [-0.25, -0.2) is 0 Å². The second-order valence-electron chi connectivity index (χ2n) is 10.7. The number of benzene rings is 2. The summed E-state index contributed by atoms with van der Waals surface area (Å²) in [6.07, 6.45) is 13.9. The average molecular weight is 497 g/mol. The lowest BCUT2D eigenvalue weighted by Gasteiger charge is -2.29.